The van der Waals surface area contributed by atoms with Gasteiger partial charge in [0.2, 0.25) is 5.91 Å². The maximum atomic E-state index is 12.4. The predicted octanol–water partition coefficient (Wildman–Crippen LogP) is 2.52. The number of thiophene rings is 1. The van der Waals surface area contributed by atoms with Crippen molar-refractivity contribution < 1.29 is 13.2 Å². The molecule has 1 aromatic carbocycles. The van der Waals surface area contributed by atoms with Crippen LogP contribution in [0, 0.1) is 0 Å². The summed E-state index contributed by atoms with van der Waals surface area (Å²) in [5.41, 5.74) is 1.72. The zero-order valence-electron chi connectivity index (χ0n) is 14.4. The zero-order valence-corrected chi connectivity index (χ0v) is 16.8. The van der Waals surface area contributed by atoms with Crippen LogP contribution in [0.15, 0.2) is 59.1 Å². The maximum absolute atomic E-state index is 12.4. The Bertz CT molecular complexity index is 1030. The number of hydrogen-bond donors (Lipinski definition) is 1. The summed E-state index contributed by atoms with van der Waals surface area (Å²) in [6.07, 6.45) is 3.46. The molecule has 0 aliphatic carbocycles. The number of benzene rings is 1. The van der Waals surface area contributed by atoms with Crippen LogP contribution in [-0.4, -0.2) is 42.0 Å². The molecule has 0 radical (unpaired) electrons. The Morgan fingerprint density at radius 3 is 2.67 bits per heavy atom. The van der Waals surface area contributed by atoms with Crippen molar-refractivity contribution in [3.8, 4) is 5.69 Å². The molecule has 0 spiro atoms. The normalized spacial score (nSPS) is 11.7. The number of rotatable bonds is 7. The van der Waals surface area contributed by atoms with Gasteiger partial charge in [-0.3, -0.25) is 4.79 Å². The van der Waals surface area contributed by atoms with E-state index in [0.29, 0.717) is 4.34 Å². The molecule has 0 bridgehead atoms. The van der Waals surface area contributed by atoms with Gasteiger partial charge in [0, 0.05) is 25.4 Å². The summed E-state index contributed by atoms with van der Waals surface area (Å²) in [6.45, 7) is -0.0327. The summed E-state index contributed by atoms with van der Waals surface area (Å²) in [5.74, 6) is -0.406. The van der Waals surface area contributed by atoms with Crippen molar-refractivity contribution in [2.45, 2.75) is 10.8 Å². The number of nitrogens with zero attached hydrogens (tertiary/aromatic N) is 3. The second-order valence-electron chi connectivity index (χ2n) is 5.73. The molecule has 3 rings (SSSR count). The molecule has 1 N–H and O–H groups in total. The fourth-order valence-corrected chi connectivity index (χ4v) is 5.13. The third-order valence-corrected chi connectivity index (χ3v) is 7.23. The summed E-state index contributed by atoms with van der Waals surface area (Å²) < 4.78 is 28.0. The molecule has 0 unspecified atom stereocenters. The number of para-hydroxylation sites is 1. The van der Waals surface area contributed by atoms with E-state index in [1.54, 1.807) is 10.9 Å². The van der Waals surface area contributed by atoms with Gasteiger partial charge in [-0.05, 0) is 24.3 Å². The molecule has 2 aromatic heterocycles. The second kappa shape index (κ2) is 8.22. The van der Waals surface area contributed by atoms with Crippen LogP contribution in [0.25, 0.3) is 5.69 Å². The fourth-order valence-electron chi connectivity index (χ4n) is 2.31. The number of hydrogen-bond acceptors (Lipinski definition) is 5. The third kappa shape index (κ3) is 4.75. The Balaban J connectivity index is 1.56. The van der Waals surface area contributed by atoms with Gasteiger partial charge in [0.1, 0.15) is 4.21 Å². The van der Waals surface area contributed by atoms with E-state index in [1.807, 2.05) is 36.5 Å². The highest BCUT2D eigenvalue weighted by atomic mass is 35.5. The number of sulfonamides is 1. The summed E-state index contributed by atoms with van der Waals surface area (Å²) in [5, 5.41) is 6.96. The lowest BCUT2D eigenvalue weighted by atomic mass is 10.3. The molecule has 0 saturated carbocycles. The van der Waals surface area contributed by atoms with Gasteiger partial charge in [0.15, 0.2) is 0 Å². The van der Waals surface area contributed by atoms with Crippen molar-refractivity contribution in [1.29, 1.82) is 0 Å². The van der Waals surface area contributed by atoms with Crippen LogP contribution in [0.3, 0.4) is 0 Å². The molecule has 7 nitrogen and oxygen atoms in total. The summed E-state index contributed by atoms with van der Waals surface area (Å²) in [4.78, 5) is 12.1. The molecule has 27 heavy (non-hydrogen) atoms. The van der Waals surface area contributed by atoms with Gasteiger partial charge in [-0.1, -0.05) is 29.8 Å². The standard InChI is InChI=1S/C17H17ClN4O3S2/c1-21(27(24,25)17-8-7-15(18)26-17)12-16(23)19-9-13-10-20-22(11-13)14-5-3-2-4-6-14/h2-8,10-11H,9,12H2,1H3,(H,19,23). The number of carbonyl (C=O) groups excluding carboxylic acids is 1. The molecule has 0 saturated heterocycles. The lowest BCUT2D eigenvalue weighted by molar-refractivity contribution is -0.121. The monoisotopic (exact) mass is 424 g/mol. The first-order chi connectivity index (χ1) is 12.9. The lowest BCUT2D eigenvalue weighted by Gasteiger charge is -2.15. The quantitative estimate of drug-likeness (QED) is 0.631. The van der Waals surface area contributed by atoms with Crippen LogP contribution in [0.5, 0.6) is 0 Å². The summed E-state index contributed by atoms with van der Waals surface area (Å²) in [6, 6.07) is 12.5. The van der Waals surface area contributed by atoms with E-state index in [-0.39, 0.29) is 17.3 Å². The van der Waals surface area contributed by atoms with E-state index in [0.717, 1.165) is 26.9 Å². The van der Waals surface area contributed by atoms with Gasteiger partial charge >= 0.3 is 0 Å². The van der Waals surface area contributed by atoms with Crippen molar-refractivity contribution in [2.24, 2.45) is 0 Å². The lowest BCUT2D eigenvalue weighted by Crippen LogP contribution is -2.37. The van der Waals surface area contributed by atoms with E-state index in [2.05, 4.69) is 10.4 Å². The Labute approximate surface area is 166 Å². The molecule has 3 aromatic rings. The highest BCUT2D eigenvalue weighted by Crippen LogP contribution is 2.27. The third-order valence-electron chi connectivity index (χ3n) is 3.73. The summed E-state index contributed by atoms with van der Waals surface area (Å²) in [7, 11) is -2.38. The number of likely N-dealkylation sites (N-methyl/N-ethyl adjacent to an activating group) is 1. The smallest absolute Gasteiger partial charge is 0.252 e. The topological polar surface area (TPSA) is 84.3 Å². The van der Waals surface area contributed by atoms with Crippen LogP contribution in [0.2, 0.25) is 4.34 Å². The summed E-state index contributed by atoms with van der Waals surface area (Å²) >= 11 is 6.74. The number of amides is 1. The van der Waals surface area contributed by atoms with Crippen LogP contribution in [0.1, 0.15) is 5.56 Å². The average molecular weight is 425 g/mol. The molecular weight excluding hydrogens is 408 g/mol. The zero-order chi connectivity index (χ0) is 19.4. The first kappa shape index (κ1) is 19.6. The Kier molecular flexibility index (Phi) is 5.95. The van der Waals surface area contributed by atoms with E-state index in [9.17, 15) is 13.2 Å². The highest BCUT2D eigenvalue weighted by Gasteiger charge is 2.24. The van der Waals surface area contributed by atoms with E-state index < -0.39 is 15.9 Å². The Hall–Kier alpha value is -2.20. The maximum Gasteiger partial charge on any atom is 0.252 e. The van der Waals surface area contributed by atoms with Crippen molar-refractivity contribution in [3.63, 3.8) is 0 Å². The number of carbonyl (C=O) groups is 1. The first-order valence-electron chi connectivity index (χ1n) is 7.93. The SMILES string of the molecule is CN(CC(=O)NCc1cnn(-c2ccccc2)c1)S(=O)(=O)c1ccc(Cl)s1. The van der Waals surface area contributed by atoms with Crippen LogP contribution in [0.4, 0.5) is 0 Å². The second-order valence-corrected chi connectivity index (χ2v) is 9.71. The number of aromatic nitrogens is 2. The van der Waals surface area contributed by atoms with Gasteiger partial charge in [-0.15, -0.1) is 11.3 Å². The van der Waals surface area contributed by atoms with Gasteiger partial charge < -0.3 is 5.32 Å². The van der Waals surface area contributed by atoms with Crippen molar-refractivity contribution in [3.05, 3.63) is 64.8 Å². The number of nitrogens with one attached hydrogen (secondary N) is 1. The van der Waals surface area contributed by atoms with Crippen molar-refractivity contribution in [1.82, 2.24) is 19.4 Å². The fraction of sp³-hybridized carbons (Fsp3) is 0.176. The van der Waals surface area contributed by atoms with E-state index >= 15 is 0 Å². The average Bonchev–Trinajstić information content (AvgIpc) is 3.30. The molecule has 0 atom stereocenters. The van der Waals surface area contributed by atoms with E-state index in [4.69, 9.17) is 11.6 Å². The van der Waals surface area contributed by atoms with E-state index in [1.165, 1.54) is 19.2 Å². The van der Waals surface area contributed by atoms with Gasteiger partial charge in [0.05, 0.1) is 22.8 Å². The molecule has 0 aliphatic rings. The first-order valence-corrected chi connectivity index (χ1v) is 10.6. The molecule has 10 heteroatoms. The molecule has 1 amide bonds. The molecular formula is C17H17ClN4O3S2. The van der Waals surface area contributed by atoms with Gasteiger partial charge in [-0.2, -0.15) is 9.40 Å². The Morgan fingerprint density at radius 2 is 2.00 bits per heavy atom. The predicted molar refractivity (Wildman–Crippen MR) is 105 cm³/mol. The van der Waals surface area contributed by atoms with Gasteiger partial charge in [0.25, 0.3) is 10.0 Å². The Morgan fingerprint density at radius 1 is 1.26 bits per heavy atom. The molecule has 2 heterocycles. The van der Waals surface area contributed by atoms with Crippen LogP contribution in [-0.2, 0) is 21.4 Å². The molecule has 0 fully saturated rings. The minimum Gasteiger partial charge on any atom is -0.351 e. The molecule has 142 valence electrons. The van der Waals surface area contributed by atoms with Gasteiger partial charge in [-0.25, -0.2) is 13.1 Å². The highest BCUT2D eigenvalue weighted by molar-refractivity contribution is 7.91. The van der Waals surface area contributed by atoms with Crippen molar-refractivity contribution in [2.75, 3.05) is 13.6 Å². The minimum atomic E-state index is -3.74. The van der Waals surface area contributed by atoms with Crippen LogP contribution < -0.4 is 5.32 Å². The largest absolute Gasteiger partial charge is 0.351 e. The van der Waals surface area contributed by atoms with Crippen molar-refractivity contribution >= 4 is 38.9 Å². The number of halogens is 1. The minimum absolute atomic E-state index is 0.104. The van der Waals surface area contributed by atoms with Crippen LogP contribution >= 0.6 is 22.9 Å². The molecule has 0 aliphatic heterocycles.